The van der Waals surface area contributed by atoms with Gasteiger partial charge < -0.3 is 20.4 Å². The number of nitrogens with zero attached hydrogens (tertiary/aromatic N) is 2. The number of carbonyl (C=O) groups excluding carboxylic acids is 2. The monoisotopic (exact) mass is 330 g/mol. The van der Waals surface area contributed by atoms with E-state index < -0.39 is 0 Å². The van der Waals surface area contributed by atoms with Crippen molar-refractivity contribution in [2.24, 2.45) is 0 Å². The molecule has 0 atom stereocenters. The maximum absolute atomic E-state index is 12.1. The van der Waals surface area contributed by atoms with E-state index >= 15 is 0 Å². The molecule has 0 bridgehead atoms. The van der Waals surface area contributed by atoms with Crippen LogP contribution < -0.4 is 15.5 Å². The van der Waals surface area contributed by atoms with Gasteiger partial charge in [0.1, 0.15) is 0 Å². The number of carbonyl (C=O) groups is 2. The molecule has 0 spiro atoms. The van der Waals surface area contributed by atoms with Gasteiger partial charge in [-0.3, -0.25) is 4.79 Å². The summed E-state index contributed by atoms with van der Waals surface area (Å²) in [6.07, 6.45) is 6.77. The van der Waals surface area contributed by atoms with E-state index in [0.29, 0.717) is 6.04 Å². The Balaban J connectivity index is 1.49. The van der Waals surface area contributed by atoms with Crippen LogP contribution in [0, 0.1) is 0 Å². The molecular formula is C18H26N4O2. The Hall–Kier alpha value is -2.24. The van der Waals surface area contributed by atoms with E-state index in [-0.39, 0.29) is 6.03 Å². The maximum Gasteiger partial charge on any atom is 0.319 e. The number of piperazine rings is 1. The van der Waals surface area contributed by atoms with Crippen LogP contribution in [0.5, 0.6) is 0 Å². The number of urea groups is 1. The Morgan fingerprint density at radius 2 is 1.67 bits per heavy atom. The summed E-state index contributed by atoms with van der Waals surface area (Å²) in [7, 11) is 0. The minimum atomic E-state index is -0.116. The number of hydrogen-bond acceptors (Lipinski definition) is 3. The molecule has 1 aromatic carbocycles. The number of amides is 3. The molecule has 0 aromatic heterocycles. The van der Waals surface area contributed by atoms with Gasteiger partial charge >= 0.3 is 6.03 Å². The average molecular weight is 330 g/mol. The van der Waals surface area contributed by atoms with E-state index in [4.69, 9.17) is 0 Å². The minimum Gasteiger partial charge on any atom is -0.368 e. The molecule has 130 valence electrons. The van der Waals surface area contributed by atoms with Crippen molar-refractivity contribution in [1.29, 1.82) is 0 Å². The Labute approximate surface area is 143 Å². The average Bonchev–Trinajstić information content (AvgIpc) is 2.63. The summed E-state index contributed by atoms with van der Waals surface area (Å²) in [6.45, 7) is 3.20. The molecule has 6 nitrogen and oxygen atoms in total. The second-order valence-corrected chi connectivity index (χ2v) is 6.61. The molecule has 0 unspecified atom stereocenters. The predicted molar refractivity (Wildman–Crippen MR) is 95.3 cm³/mol. The second-order valence-electron chi connectivity index (χ2n) is 6.61. The highest BCUT2D eigenvalue weighted by Crippen LogP contribution is 2.20. The zero-order valence-corrected chi connectivity index (χ0v) is 14.0. The van der Waals surface area contributed by atoms with Crippen molar-refractivity contribution in [1.82, 2.24) is 10.2 Å². The Kier molecular flexibility index (Phi) is 5.56. The van der Waals surface area contributed by atoms with E-state index in [2.05, 4.69) is 15.5 Å². The van der Waals surface area contributed by atoms with Crippen molar-refractivity contribution in [2.45, 2.75) is 38.1 Å². The summed E-state index contributed by atoms with van der Waals surface area (Å²) in [6, 6.07) is 8.10. The van der Waals surface area contributed by atoms with Crippen molar-refractivity contribution in [2.75, 3.05) is 36.4 Å². The topological polar surface area (TPSA) is 64.7 Å². The van der Waals surface area contributed by atoms with Gasteiger partial charge in [0, 0.05) is 43.6 Å². The van der Waals surface area contributed by atoms with Crippen LogP contribution in [-0.4, -0.2) is 49.6 Å². The van der Waals surface area contributed by atoms with Crippen molar-refractivity contribution >= 4 is 23.8 Å². The summed E-state index contributed by atoms with van der Waals surface area (Å²) in [5.41, 5.74) is 1.93. The fourth-order valence-electron chi connectivity index (χ4n) is 3.44. The fourth-order valence-corrected chi connectivity index (χ4v) is 3.44. The molecule has 1 saturated carbocycles. The van der Waals surface area contributed by atoms with Gasteiger partial charge in [-0.2, -0.15) is 0 Å². The standard InChI is InChI=1S/C18H26N4O2/c23-14-21-10-12-22(13-11-21)17-8-6-16(7-9-17)20-18(24)19-15-4-2-1-3-5-15/h6-9,14-15H,1-5,10-13H2,(H2,19,20,24). The van der Waals surface area contributed by atoms with Crippen molar-refractivity contribution < 1.29 is 9.59 Å². The van der Waals surface area contributed by atoms with Crippen molar-refractivity contribution in [3.05, 3.63) is 24.3 Å². The molecule has 2 fully saturated rings. The summed E-state index contributed by atoms with van der Waals surface area (Å²) >= 11 is 0. The van der Waals surface area contributed by atoms with Crippen LogP contribution in [0.25, 0.3) is 0 Å². The Morgan fingerprint density at radius 1 is 1.00 bits per heavy atom. The summed E-state index contributed by atoms with van der Waals surface area (Å²) in [5.74, 6) is 0. The SMILES string of the molecule is O=CN1CCN(c2ccc(NC(=O)NC3CCCCC3)cc2)CC1. The molecule has 3 amide bonds. The number of benzene rings is 1. The fraction of sp³-hybridized carbons (Fsp3) is 0.556. The van der Waals surface area contributed by atoms with Gasteiger partial charge in [-0.25, -0.2) is 4.79 Å². The molecular weight excluding hydrogens is 304 g/mol. The lowest BCUT2D eigenvalue weighted by atomic mass is 9.96. The maximum atomic E-state index is 12.1. The van der Waals surface area contributed by atoms with Crippen molar-refractivity contribution in [3.63, 3.8) is 0 Å². The molecule has 1 aliphatic heterocycles. The van der Waals surface area contributed by atoms with Crippen LogP contribution in [-0.2, 0) is 4.79 Å². The third kappa shape index (κ3) is 4.40. The highest BCUT2D eigenvalue weighted by atomic mass is 16.2. The number of hydrogen-bond donors (Lipinski definition) is 2. The Morgan fingerprint density at radius 3 is 2.29 bits per heavy atom. The normalized spacial score (nSPS) is 19.0. The van der Waals surface area contributed by atoms with Crippen LogP contribution in [0.4, 0.5) is 16.2 Å². The van der Waals surface area contributed by atoms with Gasteiger partial charge in [-0.05, 0) is 37.1 Å². The molecule has 1 aliphatic carbocycles. The first-order chi connectivity index (χ1) is 11.7. The molecule has 2 N–H and O–H groups in total. The van der Waals surface area contributed by atoms with E-state index in [1.54, 1.807) is 4.90 Å². The highest BCUT2D eigenvalue weighted by molar-refractivity contribution is 5.89. The molecule has 1 saturated heterocycles. The smallest absolute Gasteiger partial charge is 0.319 e. The molecule has 1 heterocycles. The van der Waals surface area contributed by atoms with Gasteiger partial charge in [0.05, 0.1) is 0 Å². The molecule has 0 radical (unpaired) electrons. The second kappa shape index (κ2) is 8.04. The first-order valence-electron chi connectivity index (χ1n) is 8.86. The lowest BCUT2D eigenvalue weighted by Crippen LogP contribution is -2.45. The van der Waals surface area contributed by atoms with Gasteiger partial charge in [0.15, 0.2) is 0 Å². The van der Waals surface area contributed by atoms with Crippen LogP contribution >= 0.6 is 0 Å². The van der Waals surface area contributed by atoms with E-state index in [1.807, 2.05) is 24.3 Å². The number of nitrogens with one attached hydrogen (secondary N) is 2. The Bertz CT molecular complexity index is 547. The van der Waals surface area contributed by atoms with Gasteiger partial charge in [0.2, 0.25) is 6.41 Å². The summed E-state index contributed by atoms with van der Waals surface area (Å²) < 4.78 is 0. The highest BCUT2D eigenvalue weighted by Gasteiger charge is 2.17. The van der Waals surface area contributed by atoms with E-state index in [0.717, 1.165) is 56.8 Å². The van der Waals surface area contributed by atoms with E-state index in [9.17, 15) is 9.59 Å². The van der Waals surface area contributed by atoms with Crippen LogP contribution in [0.3, 0.4) is 0 Å². The first kappa shape index (κ1) is 16.6. The number of rotatable bonds is 4. The molecule has 6 heteroatoms. The van der Waals surface area contributed by atoms with Gasteiger partial charge in [0.25, 0.3) is 0 Å². The third-order valence-corrected chi connectivity index (χ3v) is 4.89. The molecule has 1 aromatic rings. The van der Waals surface area contributed by atoms with Crippen LogP contribution in [0.1, 0.15) is 32.1 Å². The predicted octanol–water partition coefficient (Wildman–Crippen LogP) is 2.42. The first-order valence-corrected chi connectivity index (χ1v) is 8.86. The third-order valence-electron chi connectivity index (χ3n) is 4.89. The van der Waals surface area contributed by atoms with Crippen LogP contribution in [0.15, 0.2) is 24.3 Å². The zero-order chi connectivity index (χ0) is 16.8. The van der Waals surface area contributed by atoms with Gasteiger partial charge in [-0.15, -0.1) is 0 Å². The molecule has 2 aliphatic rings. The quantitative estimate of drug-likeness (QED) is 0.833. The van der Waals surface area contributed by atoms with Crippen molar-refractivity contribution in [3.8, 4) is 0 Å². The van der Waals surface area contributed by atoms with Gasteiger partial charge in [-0.1, -0.05) is 19.3 Å². The summed E-state index contributed by atoms with van der Waals surface area (Å²) in [4.78, 5) is 26.9. The van der Waals surface area contributed by atoms with Crippen LogP contribution in [0.2, 0.25) is 0 Å². The minimum absolute atomic E-state index is 0.116. The summed E-state index contributed by atoms with van der Waals surface area (Å²) in [5, 5.41) is 5.97. The molecule has 3 rings (SSSR count). The zero-order valence-electron chi connectivity index (χ0n) is 14.0. The molecule has 24 heavy (non-hydrogen) atoms. The lowest BCUT2D eigenvalue weighted by Gasteiger charge is -2.34. The lowest BCUT2D eigenvalue weighted by molar-refractivity contribution is -0.118. The van der Waals surface area contributed by atoms with E-state index in [1.165, 1.54) is 19.3 Å². The number of anilines is 2. The largest absolute Gasteiger partial charge is 0.368 e.